The van der Waals surface area contributed by atoms with Crippen molar-refractivity contribution in [2.75, 3.05) is 5.32 Å². The van der Waals surface area contributed by atoms with E-state index in [-0.39, 0.29) is 23.2 Å². The minimum atomic E-state index is -0.0215. The molecule has 7 heteroatoms. The van der Waals surface area contributed by atoms with E-state index in [1.165, 1.54) is 5.57 Å². The van der Waals surface area contributed by atoms with Crippen LogP contribution in [-0.4, -0.2) is 25.7 Å². The summed E-state index contributed by atoms with van der Waals surface area (Å²) in [5, 5.41) is 9.95. The molecule has 0 aromatic carbocycles. The van der Waals surface area contributed by atoms with Gasteiger partial charge in [-0.3, -0.25) is 14.9 Å². The molecular weight excluding hydrogens is 334 g/mol. The molecule has 0 bridgehead atoms. The first-order chi connectivity index (χ1) is 11.7. The van der Waals surface area contributed by atoms with Gasteiger partial charge in [-0.25, -0.2) is 0 Å². The second-order valence-electron chi connectivity index (χ2n) is 7.43. The van der Waals surface area contributed by atoms with E-state index in [4.69, 9.17) is 12.2 Å². The average Bonchev–Trinajstić information content (AvgIpc) is 2.88. The van der Waals surface area contributed by atoms with Crippen molar-refractivity contribution in [3.8, 4) is 11.4 Å². The van der Waals surface area contributed by atoms with Gasteiger partial charge in [0.25, 0.3) is 0 Å². The molecule has 2 aromatic rings. The van der Waals surface area contributed by atoms with E-state index in [1.54, 1.807) is 17.0 Å². The molecule has 0 saturated heterocycles. The minimum absolute atomic E-state index is 0.0156. The number of pyridine rings is 1. The first-order valence-electron chi connectivity index (χ1n) is 8.24. The molecule has 0 aliphatic heterocycles. The number of hydrogen-bond donors (Lipinski definition) is 2. The van der Waals surface area contributed by atoms with E-state index in [0.717, 1.165) is 5.56 Å². The molecule has 1 amide bonds. The molecule has 25 heavy (non-hydrogen) atoms. The van der Waals surface area contributed by atoms with Crippen LogP contribution in [0.15, 0.2) is 30.1 Å². The van der Waals surface area contributed by atoms with Gasteiger partial charge >= 0.3 is 0 Å². The summed E-state index contributed by atoms with van der Waals surface area (Å²) in [6, 6.07) is 1.86. The fourth-order valence-corrected chi connectivity index (χ4v) is 3.44. The Kier molecular flexibility index (Phi) is 4.36. The van der Waals surface area contributed by atoms with Crippen molar-refractivity contribution in [1.29, 1.82) is 0 Å². The van der Waals surface area contributed by atoms with Crippen LogP contribution < -0.4 is 5.32 Å². The van der Waals surface area contributed by atoms with E-state index in [0.29, 0.717) is 16.3 Å². The van der Waals surface area contributed by atoms with Crippen LogP contribution >= 0.6 is 12.2 Å². The summed E-state index contributed by atoms with van der Waals surface area (Å²) in [5.41, 5.74) is 2.68. The molecule has 132 valence electrons. The second-order valence-corrected chi connectivity index (χ2v) is 7.82. The van der Waals surface area contributed by atoms with Crippen molar-refractivity contribution < 1.29 is 4.79 Å². The molecule has 1 fully saturated rings. The Hall–Kier alpha value is -2.28. The Morgan fingerprint density at radius 3 is 2.72 bits per heavy atom. The number of amides is 1. The van der Waals surface area contributed by atoms with Crippen molar-refractivity contribution in [3.63, 3.8) is 0 Å². The van der Waals surface area contributed by atoms with Crippen molar-refractivity contribution >= 4 is 23.8 Å². The molecule has 0 unspecified atom stereocenters. The van der Waals surface area contributed by atoms with Crippen LogP contribution in [0.1, 0.15) is 27.7 Å². The van der Waals surface area contributed by atoms with E-state index < -0.39 is 0 Å². The van der Waals surface area contributed by atoms with Crippen molar-refractivity contribution in [1.82, 2.24) is 19.7 Å². The molecule has 0 spiro atoms. The number of aromatic nitrogens is 4. The summed E-state index contributed by atoms with van der Waals surface area (Å²) in [6.07, 6.45) is 5.54. The highest BCUT2D eigenvalue weighted by Crippen LogP contribution is 2.59. The molecule has 2 N–H and O–H groups in total. The van der Waals surface area contributed by atoms with Gasteiger partial charge in [0.15, 0.2) is 10.6 Å². The van der Waals surface area contributed by atoms with Crippen LogP contribution in [0, 0.1) is 22.0 Å². The minimum Gasteiger partial charge on any atom is -0.324 e. The number of nitrogens with one attached hydrogen (secondary N) is 2. The number of carbonyl (C=O) groups excluding carboxylic acids is 1. The third-order valence-corrected chi connectivity index (χ3v) is 5.21. The summed E-state index contributed by atoms with van der Waals surface area (Å²) in [7, 11) is 1.84. The van der Waals surface area contributed by atoms with Crippen molar-refractivity contribution in [2.45, 2.75) is 27.7 Å². The largest absolute Gasteiger partial charge is 0.324 e. The maximum Gasteiger partial charge on any atom is 0.228 e. The number of carbonyl (C=O) groups is 1. The van der Waals surface area contributed by atoms with E-state index >= 15 is 0 Å². The summed E-state index contributed by atoms with van der Waals surface area (Å²) >= 11 is 5.14. The first-order valence-corrected chi connectivity index (χ1v) is 8.65. The zero-order chi connectivity index (χ0) is 18.4. The van der Waals surface area contributed by atoms with Gasteiger partial charge in [0.1, 0.15) is 0 Å². The van der Waals surface area contributed by atoms with Gasteiger partial charge in [0, 0.05) is 18.8 Å². The summed E-state index contributed by atoms with van der Waals surface area (Å²) in [4.78, 5) is 16.9. The standard InChI is InChI=1S/C18H23N5OS/c1-10(2)6-13-14(18(13,3)4)16(24)20-12-7-11(8-19-9-12)15-21-22-17(25)23(15)5/h6-9,13-14H,1-5H3,(H,20,24)(H,22,25)/t13-,14-/m1/s1. The highest BCUT2D eigenvalue weighted by Gasteiger charge is 2.60. The van der Waals surface area contributed by atoms with Crippen LogP contribution in [0.2, 0.25) is 0 Å². The summed E-state index contributed by atoms with van der Waals surface area (Å²) in [6.45, 7) is 8.39. The molecule has 1 saturated carbocycles. The van der Waals surface area contributed by atoms with Crippen LogP contribution in [0.25, 0.3) is 11.4 Å². The lowest BCUT2D eigenvalue weighted by Crippen LogP contribution is -2.17. The number of rotatable bonds is 4. The predicted molar refractivity (Wildman–Crippen MR) is 100 cm³/mol. The van der Waals surface area contributed by atoms with E-state index in [2.05, 4.69) is 54.3 Å². The lowest BCUT2D eigenvalue weighted by molar-refractivity contribution is -0.118. The highest BCUT2D eigenvalue weighted by molar-refractivity contribution is 7.71. The van der Waals surface area contributed by atoms with E-state index in [1.807, 2.05) is 13.1 Å². The molecular formula is C18H23N5OS. The molecule has 2 atom stereocenters. The van der Waals surface area contributed by atoms with E-state index in [9.17, 15) is 4.79 Å². The van der Waals surface area contributed by atoms with Crippen LogP contribution in [-0.2, 0) is 11.8 Å². The van der Waals surface area contributed by atoms with Gasteiger partial charge in [-0.15, -0.1) is 0 Å². The van der Waals surface area contributed by atoms with Gasteiger partial charge in [0.05, 0.1) is 17.8 Å². The molecule has 1 aliphatic rings. The lowest BCUT2D eigenvalue weighted by atomic mass is 10.1. The van der Waals surface area contributed by atoms with Crippen molar-refractivity contribution in [2.24, 2.45) is 24.3 Å². The van der Waals surface area contributed by atoms with Gasteiger partial charge in [0.2, 0.25) is 5.91 Å². The number of nitrogens with zero attached hydrogens (tertiary/aromatic N) is 3. The maximum atomic E-state index is 12.7. The summed E-state index contributed by atoms with van der Waals surface area (Å²) in [5.74, 6) is 0.969. The fraction of sp³-hybridized carbons (Fsp3) is 0.444. The molecule has 0 radical (unpaired) electrons. The van der Waals surface area contributed by atoms with Gasteiger partial charge < -0.3 is 9.88 Å². The third kappa shape index (κ3) is 3.28. The molecule has 1 aliphatic carbocycles. The molecule has 2 aromatic heterocycles. The predicted octanol–water partition coefficient (Wildman–Crippen LogP) is 3.72. The zero-order valence-corrected chi connectivity index (χ0v) is 15.9. The topological polar surface area (TPSA) is 75.6 Å². The van der Waals surface area contributed by atoms with Gasteiger partial charge in [-0.05, 0) is 43.5 Å². The van der Waals surface area contributed by atoms with Crippen LogP contribution in [0.4, 0.5) is 5.69 Å². The quantitative estimate of drug-likeness (QED) is 0.646. The Bertz CT molecular complexity index is 904. The first kappa shape index (κ1) is 17.5. The van der Waals surface area contributed by atoms with Crippen molar-refractivity contribution in [3.05, 3.63) is 34.9 Å². The Labute approximate surface area is 152 Å². The van der Waals surface area contributed by atoms with Crippen LogP contribution in [0.5, 0.6) is 0 Å². The number of H-pyrrole nitrogens is 1. The number of anilines is 1. The third-order valence-electron chi connectivity index (χ3n) is 4.85. The second kappa shape index (κ2) is 6.22. The SMILES string of the molecule is CC(C)=C[C@@H]1[C@H](C(=O)Nc2cncc(-c3n[nH]c(=S)n3C)c2)C1(C)C. The Morgan fingerprint density at radius 1 is 1.40 bits per heavy atom. The maximum absolute atomic E-state index is 12.7. The Morgan fingerprint density at radius 2 is 2.12 bits per heavy atom. The average molecular weight is 357 g/mol. The normalized spacial score (nSPS) is 20.8. The lowest BCUT2D eigenvalue weighted by Gasteiger charge is -2.07. The highest BCUT2D eigenvalue weighted by atomic mass is 32.1. The van der Waals surface area contributed by atoms with Crippen LogP contribution in [0.3, 0.4) is 0 Å². The smallest absolute Gasteiger partial charge is 0.228 e. The van der Waals surface area contributed by atoms with Gasteiger partial charge in [-0.1, -0.05) is 25.5 Å². The van der Waals surface area contributed by atoms with Gasteiger partial charge in [-0.2, -0.15) is 5.10 Å². The number of aromatic amines is 1. The molecule has 6 nitrogen and oxygen atoms in total. The Balaban J connectivity index is 1.79. The number of hydrogen-bond acceptors (Lipinski definition) is 4. The summed E-state index contributed by atoms with van der Waals surface area (Å²) < 4.78 is 2.31. The zero-order valence-electron chi connectivity index (χ0n) is 15.1. The molecule has 2 heterocycles. The molecule has 3 rings (SSSR count). The number of allylic oxidation sites excluding steroid dienone is 2. The fourth-order valence-electron chi connectivity index (χ4n) is 3.30. The monoisotopic (exact) mass is 357 g/mol.